The van der Waals surface area contributed by atoms with Gasteiger partial charge in [0.2, 0.25) is 0 Å². The molecule has 0 spiro atoms. The van der Waals surface area contributed by atoms with E-state index in [4.69, 9.17) is 16.3 Å². The van der Waals surface area contributed by atoms with Gasteiger partial charge in [-0.15, -0.1) is 11.6 Å². The first-order chi connectivity index (χ1) is 13.4. The maximum absolute atomic E-state index is 12.2. The van der Waals surface area contributed by atoms with E-state index >= 15 is 0 Å². The molecule has 2 rings (SSSR count). The fraction of sp³-hybridized carbons (Fsp3) is 0.444. The number of carboxylic acids is 1. The van der Waals surface area contributed by atoms with Crippen molar-refractivity contribution in [2.24, 2.45) is 0 Å². The molecule has 3 N–H and O–H groups in total. The van der Waals surface area contributed by atoms with Crippen molar-refractivity contribution < 1.29 is 29.0 Å². The number of aliphatic carboxylic acids is 1. The number of nitrogens with zero attached hydrogens (tertiary/aromatic N) is 1. The summed E-state index contributed by atoms with van der Waals surface area (Å²) in [7, 11) is 0. The van der Waals surface area contributed by atoms with Crippen molar-refractivity contribution in [2.75, 3.05) is 25.5 Å². The number of carbonyl (C=O) groups excluding carboxylic acids is 3. The number of alkyl halides is 1. The Bertz CT molecular complexity index is 719. The summed E-state index contributed by atoms with van der Waals surface area (Å²) < 4.78 is 4.84. The van der Waals surface area contributed by atoms with Gasteiger partial charge in [0.25, 0.3) is 0 Å². The van der Waals surface area contributed by atoms with Crippen LogP contribution in [0.15, 0.2) is 30.3 Å². The predicted octanol–water partition coefficient (Wildman–Crippen LogP) is 1.81. The average molecular weight is 412 g/mol. The first-order valence-corrected chi connectivity index (χ1v) is 9.33. The molecule has 1 aliphatic heterocycles. The second-order valence-corrected chi connectivity index (χ2v) is 6.70. The molecule has 1 aliphatic rings. The summed E-state index contributed by atoms with van der Waals surface area (Å²) in [6.07, 6.45) is -0.316. The zero-order valence-corrected chi connectivity index (χ0v) is 15.9. The molecule has 152 valence electrons. The van der Waals surface area contributed by atoms with E-state index in [1.807, 2.05) is 0 Å². The molecule has 0 saturated carbocycles. The number of nitrogens with one attached hydrogen (secondary N) is 2. The van der Waals surface area contributed by atoms with Crippen molar-refractivity contribution in [2.45, 2.75) is 24.8 Å². The number of urea groups is 1. The SMILES string of the molecule is O=C(NCCCCl)NC1(C(=O)O)CCN(C(=O)OC(=O)c2ccccc2)CC1. The van der Waals surface area contributed by atoms with E-state index in [1.54, 1.807) is 18.2 Å². The predicted molar refractivity (Wildman–Crippen MR) is 100 cm³/mol. The zero-order chi connectivity index (χ0) is 20.6. The molecule has 0 aromatic heterocycles. The van der Waals surface area contributed by atoms with Crippen LogP contribution in [0.1, 0.15) is 29.6 Å². The first kappa shape index (κ1) is 21.5. The highest BCUT2D eigenvalue weighted by Gasteiger charge is 2.44. The smallest absolute Gasteiger partial charge is 0.417 e. The molecule has 10 heteroatoms. The van der Waals surface area contributed by atoms with Gasteiger partial charge in [-0.2, -0.15) is 0 Å². The topological polar surface area (TPSA) is 125 Å². The van der Waals surface area contributed by atoms with Gasteiger partial charge in [-0.3, -0.25) is 0 Å². The lowest BCUT2D eigenvalue weighted by molar-refractivity contribution is -0.146. The van der Waals surface area contributed by atoms with Gasteiger partial charge in [0.1, 0.15) is 5.54 Å². The fourth-order valence-corrected chi connectivity index (χ4v) is 2.90. The van der Waals surface area contributed by atoms with Crippen LogP contribution in [-0.4, -0.2) is 65.1 Å². The highest BCUT2D eigenvalue weighted by atomic mass is 35.5. The number of rotatable bonds is 6. The number of amides is 3. The van der Waals surface area contributed by atoms with Crippen molar-refractivity contribution in [3.05, 3.63) is 35.9 Å². The quantitative estimate of drug-likeness (QED) is 0.284. The van der Waals surface area contributed by atoms with Crippen molar-refractivity contribution in [1.29, 1.82) is 0 Å². The molecular formula is C18H22ClN3O6. The van der Waals surface area contributed by atoms with Crippen molar-refractivity contribution in [3.8, 4) is 0 Å². The molecule has 3 amide bonds. The molecule has 0 radical (unpaired) electrons. The van der Waals surface area contributed by atoms with Crippen LogP contribution in [0.5, 0.6) is 0 Å². The number of benzene rings is 1. The maximum Gasteiger partial charge on any atom is 0.417 e. The third-order valence-electron chi connectivity index (χ3n) is 4.42. The Morgan fingerprint density at radius 2 is 1.79 bits per heavy atom. The Morgan fingerprint density at radius 1 is 1.14 bits per heavy atom. The van der Waals surface area contributed by atoms with Crippen LogP contribution < -0.4 is 10.6 Å². The van der Waals surface area contributed by atoms with Gasteiger partial charge in [-0.25, -0.2) is 19.2 Å². The summed E-state index contributed by atoms with van der Waals surface area (Å²) in [6.45, 7) is 0.370. The van der Waals surface area contributed by atoms with E-state index in [-0.39, 0.29) is 31.5 Å². The number of halogens is 1. The van der Waals surface area contributed by atoms with Gasteiger partial charge in [-0.1, -0.05) is 18.2 Å². The molecule has 0 atom stereocenters. The fourth-order valence-electron chi connectivity index (χ4n) is 2.77. The number of carboxylic acid groups (broad SMARTS) is 1. The average Bonchev–Trinajstić information content (AvgIpc) is 2.69. The highest BCUT2D eigenvalue weighted by Crippen LogP contribution is 2.23. The van der Waals surface area contributed by atoms with Crippen molar-refractivity contribution in [1.82, 2.24) is 15.5 Å². The molecule has 9 nitrogen and oxygen atoms in total. The Morgan fingerprint density at radius 3 is 2.36 bits per heavy atom. The van der Waals surface area contributed by atoms with Crippen LogP contribution >= 0.6 is 11.6 Å². The zero-order valence-electron chi connectivity index (χ0n) is 15.2. The number of ether oxygens (including phenoxy) is 1. The summed E-state index contributed by atoms with van der Waals surface area (Å²) >= 11 is 5.54. The monoisotopic (exact) mass is 411 g/mol. The van der Waals surface area contributed by atoms with E-state index in [0.29, 0.717) is 18.8 Å². The Hall–Kier alpha value is -2.81. The Kier molecular flexibility index (Phi) is 7.62. The Labute approximate surface area is 167 Å². The van der Waals surface area contributed by atoms with Crippen LogP contribution in [0.4, 0.5) is 9.59 Å². The van der Waals surface area contributed by atoms with Gasteiger partial charge in [0.05, 0.1) is 5.56 Å². The number of esters is 1. The van der Waals surface area contributed by atoms with Gasteiger partial charge in [0.15, 0.2) is 0 Å². The third kappa shape index (κ3) is 5.59. The second kappa shape index (κ2) is 9.93. The van der Waals surface area contributed by atoms with Crippen LogP contribution in [0.3, 0.4) is 0 Å². The van der Waals surface area contributed by atoms with E-state index < -0.39 is 29.6 Å². The first-order valence-electron chi connectivity index (χ1n) is 8.79. The molecular weight excluding hydrogens is 390 g/mol. The summed E-state index contributed by atoms with van der Waals surface area (Å²) in [5.74, 6) is -1.59. The summed E-state index contributed by atoms with van der Waals surface area (Å²) in [4.78, 5) is 49.1. The third-order valence-corrected chi connectivity index (χ3v) is 4.69. The van der Waals surface area contributed by atoms with Crippen molar-refractivity contribution >= 4 is 35.7 Å². The van der Waals surface area contributed by atoms with Crippen LogP contribution in [0, 0.1) is 0 Å². The van der Waals surface area contributed by atoms with Crippen LogP contribution in [0.2, 0.25) is 0 Å². The molecule has 1 aromatic rings. The van der Waals surface area contributed by atoms with E-state index in [1.165, 1.54) is 17.0 Å². The number of likely N-dealkylation sites (tertiary alicyclic amines) is 1. The van der Waals surface area contributed by atoms with Gasteiger partial charge in [0, 0.05) is 25.5 Å². The molecule has 0 aliphatic carbocycles. The maximum atomic E-state index is 12.2. The van der Waals surface area contributed by atoms with Gasteiger partial charge in [-0.05, 0) is 31.4 Å². The van der Waals surface area contributed by atoms with E-state index in [0.717, 1.165) is 0 Å². The van der Waals surface area contributed by atoms with Gasteiger partial charge < -0.3 is 25.4 Å². The minimum atomic E-state index is -1.49. The van der Waals surface area contributed by atoms with Crippen LogP contribution in [0.25, 0.3) is 0 Å². The highest BCUT2D eigenvalue weighted by molar-refractivity contribution is 6.17. The van der Waals surface area contributed by atoms with Gasteiger partial charge >= 0.3 is 24.1 Å². The summed E-state index contributed by atoms with van der Waals surface area (Å²) in [6, 6.07) is 7.46. The standard InChI is InChI=1S/C18H22ClN3O6/c19-9-4-10-20-16(26)21-18(15(24)25)7-11-22(12-8-18)17(27)28-14(23)13-5-2-1-3-6-13/h1-3,5-6H,4,7-12H2,(H,24,25)(H2,20,21,26). The minimum absolute atomic E-state index is 0.0140. The molecule has 1 heterocycles. The number of carbonyl (C=O) groups is 4. The second-order valence-electron chi connectivity index (χ2n) is 6.32. The van der Waals surface area contributed by atoms with E-state index in [2.05, 4.69) is 10.6 Å². The molecule has 0 bridgehead atoms. The molecule has 1 fully saturated rings. The van der Waals surface area contributed by atoms with Crippen molar-refractivity contribution in [3.63, 3.8) is 0 Å². The summed E-state index contributed by atoms with van der Waals surface area (Å²) in [5.41, 5.74) is -1.26. The van der Waals surface area contributed by atoms with E-state index in [9.17, 15) is 24.3 Å². The molecule has 0 unspecified atom stereocenters. The molecule has 28 heavy (non-hydrogen) atoms. The minimum Gasteiger partial charge on any atom is -0.480 e. The lowest BCUT2D eigenvalue weighted by Crippen LogP contribution is -2.62. The number of hydrogen-bond acceptors (Lipinski definition) is 5. The number of hydrogen-bond donors (Lipinski definition) is 3. The lowest BCUT2D eigenvalue weighted by Gasteiger charge is -2.38. The number of piperidine rings is 1. The largest absolute Gasteiger partial charge is 0.480 e. The normalized spacial score (nSPS) is 15.4. The lowest BCUT2D eigenvalue weighted by atomic mass is 9.87. The molecule has 1 aromatic carbocycles. The Balaban J connectivity index is 1.91. The molecule has 1 saturated heterocycles. The van der Waals surface area contributed by atoms with Crippen LogP contribution in [-0.2, 0) is 9.53 Å². The summed E-state index contributed by atoms with van der Waals surface area (Å²) in [5, 5.41) is 14.6.